The van der Waals surface area contributed by atoms with Crippen molar-refractivity contribution >= 4 is 11.3 Å². The number of anilines is 1. The molecule has 0 aliphatic rings. The highest BCUT2D eigenvalue weighted by molar-refractivity contribution is 5.50. The largest absolute Gasteiger partial charge is 0.496 e. The Kier molecular flexibility index (Phi) is 3.25. The fourth-order valence-electron chi connectivity index (χ4n) is 2.21. The van der Waals surface area contributed by atoms with Crippen molar-refractivity contribution in [1.82, 2.24) is 14.6 Å². The van der Waals surface area contributed by atoms with E-state index in [9.17, 15) is 0 Å². The van der Waals surface area contributed by atoms with Gasteiger partial charge in [0.2, 0.25) is 0 Å². The van der Waals surface area contributed by atoms with Gasteiger partial charge in [-0.2, -0.15) is 5.10 Å². The molecule has 3 rings (SSSR count). The number of hydrogen-bond donors (Lipinski definition) is 1. The predicted molar refractivity (Wildman–Crippen MR) is 77.8 cm³/mol. The van der Waals surface area contributed by atoms with Crippen molar-refractivity contribution in [3.8, 4) is 5.75 Å². The Morgan fingerprint density at radius 1 is 1.20 bits per heavy atom. The van der Waals surface area contributed by atoms with Crippen LogP contribution >= 0.6 is 0 Å². The summed E-state index contributed by atoms with van der Waals surface area (Å²) in [5.74, 6) is 1.71. The van der Waals surface area contributed by atoms with Crippen molar-refractivity contribution < 1.29 is 4.74 Å². The molecule has 0 fully saturated rings. The molecule has 0 atom stereocenters. The third-order valence-electron chi connectivity index (χ3n) is 3.22. The second-order valence-corrected chi connectivity index (χ2v) is 4.60. The molecular weight excluding hydrogens is 252 g/mol. The zero-order valence-electron chi connectivity index (χ0n) is 11.3. The summed E-state index contributed by atoms with van der Waals surface area (Å²) < 4.78 is 7.09. The minimum atomic E-state index is 0.696. The molecule has 20 heavy (non-hydrogen) atoms. The van der Waals surface area contributed by atoms with E-state index in [1.54, 1.807) is 11.6 Å². The highest BCUT2D eigenvalue weighted by atomic mass is 16.5. The van der Waals surface area contributed by atoms with E-state index in [0.29, 0.717) is 5.69 Å². The SMILES string of the molecule is COc1ccccc1CCc1nc2cc(N)ccn2n1. The van der Waals surface area contributed by atoms with Crippen molar-refractivity contribution in [2.75, 3.05) is 12.8 Å². The highest BCUT2D eigenvalue weighted by Gasteiger charge is 2.06. The molecule has 0 unspecified atom stereocenters. The van der Waals surface area contributed by atoms with Gasteiger partial charge in [-0.05, 0) is 24.1 Å². The van der Waals surface area contributed by atoms with Gasteiger partial charge >= 0.3 is 0 Å². The van der Waals surface area contributed by atoms with Gasteiger partial charge in [-0.1, -0.05) is 18.2 Å². The van der Waals surface area contributed by atoms with Gasteiger partial charge in [0, 0.05) is 24.4 Å². The van der Waals surface area contributed by atoms with Crippen molar-refractivity contribution in [3.05, 3.63) is 54.0 Å². The second kappa shape index (κ2) is 5.21. The second-order valence-electron chi connectivity index (χ2n) is 4.60. The monoisotopic (exact) mass is 268 g/mol. The number of pyridine rings is 1. The third-order valence-corrected chi connectivity index (χ3v) is 3.22. The van der Waals surface area contributed by atoms with Gasteiger partial charge in [-0.25, -0.2) is 9.50 Å². The van der Waals surface area contributed by atoms with Gasteiger partial charge < -0.3 is 10.5 Å². The van der Waals surface area contributed by atoms with Crippen molar-refractivity contribution in [1.29, 1.82) is 0 Å². The van der Waals surface area contributed by atoms with Crippen LogP contribution in [0.15, 0.2) is 42.6 Å². The first-order valence-electron chi connectivity index (χ1n) is 6.49. The smallest absolute Gasteiger partial charge is 0.157 e. The number of nitrogen functional groups attached to an aromatic ring is 1. The Bertz CT molecular complexity index is 736. The van der Waals surface area contributed by atoms with Crippen LogP contribution in [0.5, 0.6) is 5.75 Å². The average molecular weight is 268 g/mol. The molecule has 2 aromatic heterocycles. The lowest BCUT2D eigenvalue weighted by molar-refractivity contribution is 0.409. The van der Waals surface area contributed by atoms with Crippen LogP contribution in [0.25, 0.3) is 5.65 Å². The van der Waals surface area contributed by atoms with E-state index in [-0.39, 0.29) is 0 Å². The van der Waals surface area contributed by atoms with Crippen LogP contribution in [0.3, 0.4) is 0 Å². The number of hydrogen-bond acceptors (Lipinski definition) is 4. The summed E-state index contributed by atoms with van der Waals surface area (Å²) in [4.78, 5) is 4.48. The predicted octanol–water partition coefficient (Wildman–Crippen LogP) is 2.11. The topological polar surface area (TPSA) is 65.4 Å². The average Bonchev–Trinajstić information content (AvgIpc) is 2.87. The Labute approximate surface area is 117 Å². The minimum absolute atomic E-state index is 0.696. The Hall–Kier alpha value is -2.56. The number of nitrogens with two attached hydrogens (primary N) is 1. The molecule has 0 aliphatic carbocycles. The standard InChI is InChI=1S/C15H16N4O/c1-20-13-5-3-2-4-11(13)6-7-14-17-15-10-12(16)8-9-19(15)18-14/h2-5,8-10H,6-7,16H2,1H3. The number of rotatable bonds is 4. The summed E-state index contributed by atoms with van der Waals surface area (Å²) in [6.45, 7) is 0. The Morgan fingerprint density at radius 2 is 2.05 bits per heavy atom. The van der Waals surface area contributed by atoms with Gasteiger partial charge in [0.1, 0.15) is 5.75 Å². The van der Waals surface area contributed by atoms with Gasteiger partial charge in [0.05, 0.1) is 7.11 Å². The van der Waals surface area contributed by atoms with E-state index < -0.39 is 0 Å². The van der Waals surface area contributed by atoms with E-state index in [2.05, 4.69) is 16.1 Å². The summed E-state index contributed by atoms with van der Waals surface area (Å²) in [7, 11) is 1.69. The van der Waals surface area contributed by atoms with E-state index in [1.807, 2.05) is 36.5 Å². The fraction of sp³-hybridized carbons (Fsp3) is 0.200. The van der Waals surface area contributed by atoms with Gasteiger partial charge in [-0.15, -0.1) is 0 Å². The molecule has 0 spiro atoms. The lowest BCUT2D eigenvalue weighted by Gasteiger charge is -2.06. The maximum atomic E-state index is 5.74. The van der Waals surface area contributed by atoms with Crippen LogP contribution in [-0.2, 0) is 12.8 Å². The first kappa shape index (κ1) is 12.5. The Morgan fingerprint density at radius 3 is 2.90 bits per heavy atom. The molecule has 2 heterocycles. The number of nitrogens with zero attached hydrogens (tertiary/aromatic N) is 3. The summed E-state index contributed by atoms with van der Waals surface area (Å²) in [5.41, 5.74) is 8.37. The molecule has 0 radical (unpaired) electrons. The molecule has 5 heteroatoms. The number of aromatic nitrogens is 3. The van der Waals surface area contributed by atoms with Crippen molar-refractivity contribution in [2.45, 2.75) is 12.8 Å². The fourth-order valence-corrected chi connectivity index (χ4v) is 2.21. The van der Waals surface area contributed by atoms with Gasteiger partial charge in [-0.3, -0.25) is 0 Å². The number of para-hydroxylation sites is 1. The van der Waals surface area contributed by atoms with Crippen LogP contribution in [-0.4, -0.2) is 21.7 Å². The van der Waals surface area contributed by atoms with Crippen molar-refractivity contribution in [2.24, 2.45) is 0 Å². The molecule has 0 amide bonds. The maximum Gasteiger partial charge on any atom is 0.157 e. The lowest BCUT2D eigenvalue weighted by Crippen LogP contribution is -1.97. The molecule has 0 saturated heterocycles. The van der Waals surface area contributed by atoms with E-state index in [4.69, 9.17) is 10.5 Å². The molecule has 3 aromatic rings. The minimum Gasteiger partial charge on any atom is -0.496 e. The molecule has 5 nitrogen and oxygen atoms in total. The van der Waals surface area contributed by atoms with Gasteiger partial charge in [0.25, 0.3) is 0 Å². The lowest BCUT2D eigenvalue weighted by atomic mass is 10.1. The zero-order valence-corrected chi connectivity index (χ0v) is 11.3. The molecular formula is C15H16N4O. The van der Waals surface area contributed by atoms with Crippen molar-refractivity contribution in [3.63, 3.8) is 0 Å². The molecule has 0 saturated carbocycles. The van der Waals surface area contributed by atoms with E-state index in [1.165, 1.54) is 0 Å². The van der Waals surface area contributed by atoms with E-state index in [0.717, 1.165) is 35.6 Å². The molecule has 2 N–H and O–H groups in total. The normalized spacial score (nSPS) is 10.8. The first-order valence-corrected chi connectivity index (χ1v) is 6.49. The highest BCUT2D eigenvalue weighted by Crippen LogP contribution is 2.19. The van der Waals surface area contributed by atoms with Crippen LogP contribution in [0.2, 0.25) is 0 Å². The quantitative estimate of drug-likeness (QED) is 0.787. The summed E-state index contributed by atoms with van der Waals surface area (Å²) >= 11 is 0. The maximum absolute atomic E-state index is 5.74. The molecule has 0 aliphatic heterocycles. The third kappa shape index (κ3) is 2.42. The van der Waals surface area contributed by atoms with Gasteiger partial charge in [0.15, 0.2) is 11.5 Å². The number of aryl methyl sites for hydroxylation is 2. The zero-order chi connectivity index (χ0) is 13.9. The summed E-state index contributed by atoms with van der Waals surface area (Å²) in [5, 5.41) is 4.43. The van der Waals surface area contributed by atoms with Crippen LogP contribution in [0.4, 0.5) is 5.69 Å². The summed E-state index contributed by atoms with van der Waals surface area (Å²) in [6.07, 6.45) is 3.43. The number of ether oxygens (including phenoxy) is 1. The van der Waals surface area contributed by atoms with E-state index >= 15 is 0 Å². The molecule has 1 aromatic carbocycles. The van der Waals surface area contributed by atoms with Crippen LogP contribution in [0, 0.1) is 0 Å². The number of methoxy groups -OCH3 is 1. The Balaban J connectivity index is 1.79. The molecule has 102 valence electrons. The first-order chi connectivity index (χ1) is 9.76. The molecule has 0 bridgehead atoms. The summed E-state index contributed by atoms with van der Waals surface area (Å²) in [6, 6.07) is 11.6. The van der Waals surface area contributed by atoms with Crippen LogP contribution in [0.1, 0.15) is 11.4 Å². The van der Waals surface area contributed by atoms with Crippen LogP contribution < -0.4 is 10.5 Å². The number of benzene rings is 1. The number of fused-ring (bicyclic) bond motifs is 1.